The maximum atomic E-state index is 12.1. The molecule has 7 heteroatoms. The molecule has 1 aromatic heterocycles. The summed E-state index contributed by atoms with van der Waals surface area (Å²) in [5.41, 5.74) is 0. The molecule has 18 heavy (non-hydrogen) atoms. The standard InChI is InChI=1S/C11H15ClN2O3S/c12-11-7-10(5-6-13-11)18(16,17)14-8-1-3-9(15)4-2-8/h5-9,14-15H,1-4H2. The van der Waals surface area contributed by atoms with E-state index in [-0.39, 0.29) is 22.2 Å². The number of aliphatic hydroxyl groups excluding tert-OH is 1. The number of aromatic nitrogens is 1. The number of rotatable bonds is 3. The minimum Gasteiger partial charge on any atom is -0.393 e. The highest BCUT2D eigenvalue weighted by Gasteiger charge is 2.24. The highest BCUT2D eigenvalue weighted by Crippen LogP contribution is 2.21. The van der Waals surface area contributed by atoms with E-state index in [1.165, 1.54) is 18.3 Å². The van der Waals surface area contributed by atoms with Gasteiger partial charge < -0.3 is 5.11 Å². The van der Waals surface area contributed by atoms with Crippen molar-refractivity contribution in [1.82, 2.24) is 9.71 Å². The Morgan fingerprint density at radius 2 is 2.00 bits per heavy atom. The van der Waals surface area contributed by atoms with Crippen LogP contribution in [0.1, 0.15) is 25.7 Å². The normalized spacial score (nSPS) is 25.0. The molecule has 1 heterocycles. The summed E-state index contributed by atoms with van der Waals surface area (Å²) in [6.45, 7) is 0. The first-order chi connectivity index (χ1) is 8.47. The van der Waals surface area contributed by atoms with E-state index in [9.17, 15) is 13.5 Å². The number of halogens is 1. The molecule has 0 aromatic carbocycles. The molecule has 0 unspecified atom stereocenters. The molecule has 1 saturated carbocycles. The summed E-state index contributed by atoms with van der Waals surface area (Å²) in [5, 5.41) is 9.53. The van der Waals surface area contributed by atoms with E-state index in [4.69, 9.17) is 11.6 Å². The van der Waals surface area contributed by atoms with Gasteiger partial charge in [-0.2, -0.15) is 0 Å². The van der Waals surface area contributed by atoms with Gasteiger partial charge in [0, 0.05) is 12.2 Å². The van der Waals surface area contributed by atoms with Gasteiger partial charge in [-0.25, -0.2) is 18.1 Å². The molecule has 1 aliphatic carbocycles. The molecule has 0 aliphatic heterocycles. The number of aliphatic hydroxyl groups is 1. The molecule has 5 nitrogen and oxygen atoms in total. The van der Waals surface area contributed by atoms with Crippen LogP contribution in [0.3, 0.4) is 0 Å². The van der Waals surface area contributed by atoms with Crippen LogP contribution in [0.25, 0.3) is 0 Å². The van der Waals surface area contributed by atoms with E-state index in [2.05, 4.69) is 9.71 Å². The Hall–Kier alpha value is -0.690. The zero-order valence-electron chi connectivity index (χ0n) is 9.71. The van der Waals surface area contributed by atoms with Crippen LogP contribution in [0.5, 0.6) is 0 Å². The quantitative estimate of drug-likeness (QED) is 0.823. The van der Waals surface area contributed by atoms with Gasteiger partial charge in [0.15, 0.2) is 0 Å². The Balaban J connectivity index is 2.08. The van der Waals surface area contributed by atoms with Crippen molar-refractivity contribution in [2.75, 3.05) is 0 Å². The Bertz CT molecular complexity index is 513. The minimum absolute atomic E-state index is 0.119. The van der Waals surface area contributed by atoms with E-state index < -0.39 is 10.0 Å². The van der Waals surface area contributed by atoms with Crippen LogP contribution >= 0.6 is 11.6 Å². The highest BCUT2D eigenvalue weighted by atomic mass is 35.5. The molecule has 1 aromatic rings. The van der Waals surface area contributed by atoms with E-state index in [0.717, 1.165) is 0 Å². The third-order valence-electron chi connectivity index (χ3n) is 3.03. The van der Waals surface area contributed by atoms with Crippen LogP contribution in [0, 0.1) is 0 Å². The van der Waals surface area contributed by atoms with Crippen molar-refractivity contribution in [1.29, 1.82) is 0 Å². The Labute approximate surface area is 111 Å². The van der Waals surface area contributed by atoms with Gasteiger partial charge in [0.25, 0.3) is 0 Å². The van der Waals surface area contributed by atoms with Gasteiger partial charge in [-0.15, -0.1) is 0 Å². The van der Waals surface area contributed by atoms with Gasteiger partial charge in [0.05, 0.1) is 11.0 Å². The number of hydrogen-bond donors (Lipinski definition) is 2. The Morgan fingerprint density at radius 3 is 2.61 bits per heavy atom. The van der Waals surface area contributed by atoms with Crippen molar-refractivity contribution >= 4 is 21.6 Å². The monoisotopic (exact) mass is 290 g/mol. The summed E-state index contributed by atoms with van der Waals surface area (Å²) in [7, 11) is -3.56. The molecule has 0 amide bonds. The zero-order chi connectivity index (χ0) is 13.2. The number of sulfonamides is 1. The van der Waals surface area contributed by atoms with Crippen LogP contribution in [0.2, 0.25) is 5.15 Å². The molecule has 0 radical (unpaired) electrons. The molecule has 2 rings (SSSR count). The first-order valence-electron chi connectivity index (χ1n) is 5.79. The number of pyridine rings is 1. The molecule has 2 N–H and O–H groups in total. The second kappa shape index (κ2) is 5.52. The van der Waals surface area contributed by atoms with Crippen LogP contribution < -0.4 is 4.72 Å². The average Bonchev–Trinajstić information content (AvgIpc) is 2.32. The van der Waals surface area contributed by atoms with Gasteiger partial charge in [-0.05, 0) is 37.8 Å². The van der Waals surface area contributed by atoms with Crippen LogP contribution in [0.4, 0.5) is 0 Å². The van der Waals surface area contributed by atoms with E-state index in [0.29, 0.717) is 25.7 Å². The third-order valence-corrected chi connectivity index (χ3v) is 4.75. The largest absolute Gasteiger partial charge is 0.393 e. The lowest BCUT2D eigenvalue weighted by molar-refractivity contribution is 0.120. The van der Waals surface area contributed by atoms with Crippen molar-refractivity contribution < 1.29 is 13.5 Å². The maximum absolute atomic E-state index is 12.1. The van der Waals surface area contributed by atoms with Gasteiger partial charge in [0.2, 0.25) is 10.0 Å². The SMILES string of the molecule is O=S(=O)(NC1CCC(O)CC1)c1ccnc(Cl)c1. The molecule has 100 valence electrons. The van der Waals surface area contributed by atoms with Crippen molar-refractivity contribution in [2.24, 2.45) is 0 Å². The number of hydrogen-bond acceptors (Lipinski definition) is 4. The van der Waals surface area contributed by atoms with Crippen molar-refractivity contribution in [3.63, 3.8) is 0 Å². The van der Waals surface area contributed by atoms with Crippen LogP contribution in [-0.2, 0) is 10.0 Å². The van der Waals surface area contributed by atoms with Crippen LogP contribution in [-0.4, -0.2) is 30.7 Å². The van der Waals surface area contributed by atoms with Gasteiger partial charge in [0.1, 0.15) is 5.15 Å². The number of nitrogens with zero attached hydrogens (tertiary/aromatic N) is 1. The van der Waals surface area contributed by atoms with Gasteiger partial charge in [-0.3, -0.25) is 0 Å². The summed E-state index contributed by atoms with van der Waals surface area (Å²) < 4.78 is 26.8. The molecule has 1 aliphatic rings. The van der Waals surface area contributed by atoms with E-state index in [1.54, 1.807) is 0 Å². The summed E-state index contributed by atoms with van der Waals surface area (Å²) in [4.78, 5) is 3.87. The molecule has 0 saturated heterocycles. The van der Waals surface area contributed by atoms with E-state index in [1.807, 2.05) is 0 Å². The zero-order valence-corrected chi connectivity index (χ0v) is 11.3. The molecular formula is C11H15ClN2O3S. The first kappa shape index (κ1) is 13.7. The number of nitrogens with one attached hydrogen (secondary N) is 1. The molecule has 0 spiro atoms. The molecular weight excluding hydrogens is 276 g/mol. The Kier molecular flexibility index (Phi) is 4.21. The highest BCUT2D eigenvalue weighted by molar-refractivity contribution is 7.89. The fourth-order valence-corrected chi connectivity index (χ4v) is 3.59. The predicted molar refractivity (Wildman–Crippen MR) is 67.8 cm³/mol. The fourth-order valence-electron chi connectivity index (χ4n) is 2.03. The minimum atomic E-state index is -3.56. The average molecular weight is 291 g/mol. The smallest absolute Gasteiger partial charge is 0.240 e. The van der Waals surface area contributed by atoms with Crippen LogP contribution in [0.15, 0.2) is 23.2 Å². The first-order valence-corrected chi connectivity index (χ1v) is 7.65. The lowest BCUT2D eigenvalue weighted by atomic mass is 9.94. The fraction of sp³-hybridized carbons (Fsp3) is 0.545. The molecule has 0 bridgehead atoms. The second-order valence-corrected chi connectivity index (χ2v) is 6.54. The van der Waals surface area contributed by atoms with Gasteiger partial charge in [-0.1, -0.05) is 11.6 Å². The lowest BCUT2D eigenvalue weighted by Crippen LogP contribution is -2.38. The van der Waals surface area contributed by atoms with Gasteiger partial charge >= 0.3 is 0 Å². The maximum Gasteiger partial charge on any atom is 0.240 e. The lowest BCUT2D eigenvalue weighted by Gasteiger charge is -2.25. The third kappa shape index (κ3) is 3.41. The molecule has 1 fully saturated rings. The Morgan fingerprint density at radius 1 is 1.33 bits per heavy atom. The summed E-state index contributed by atoms with van der Waals surface area (Å²) >= 11 is 5.68. The predicted octanol–water partition coefficient (Wildman–Crippen LogP) is 1.32. The van der Waals surface area contributed by atoms with Crippen molar-refractivity contribution in [2.45, 2.75) is 42.7 Å². The topological polar surface area (TPSA) is 79.3 Å². The molecule has 0 atom stereocenters. The van der Waals surface area contributed by atoms with Crippen molar-refractivity contribution in [3.8, 4) is 0 Å². The summed E-state index contributed by atoms with van der Waals surface area (Å²) in [6.07, 6.45) is 3.62. The van der Waals surface area contributed by atoms with Crippen molar-refractivity contribution in [3.05, 3.63) is 23.5 Å². The summed E-state index contributed by atoms with van der Waals surface area (Å²) in [5.74, 6) is 0. The van der Waals surface area contributed by atoms with E-state index >= 15 is 0 Å². The summed E-state index contributed by atoms with van der Waals surface area (Å²) in [6, 6.07) is 2.61. The second-order valence-electron chi connectivity index (χ2n) is 4.44.